The van der Waals surface area contributed by atoms with E-state index in [4.69, 9.17) is 4.74 Å². The summed E-state index contributed by atoms with van der Waals surface area (Å²) < 4.78 is 33.7. The van der Waals surface area contributed by atoms with E-state index in [-0.39, 0.29) is 16.3 Å². The van der Waals surface area contributed by atoms with Crippen LogP contribution in [0.5, 0.6) is 5.75 Å². The quantitative estimate of drug-likeness (QED) is 0.760. The fourth-order valence-electron chi connectivity index (χ4n) is 3.95. The van der Waals surface area contributed by atoms with Crippen molar-refractivity contribution >= 4 is 15.8 Å². The molecule has 2 aromatic rings. The molecule has 1 saturated heterocycles. The zero-order valence-electron chi connectivity index (χ0n) is 15.3. The van der Waals surface area contributed by atoms with E-state index in [1.54, 1.807) is 12.1 Å². The Balaban J connectivity index is 1.48. The van der Waals surface area contributed by atoms with Gasteiger partial charge in [-0.2, -0.15) is 4.31 Å². The second-order valence-corrected chi connectivity index (χ2v) is 9.32. The van der Waals surface area contributed by atoms with Crippen molar-refractivity contribution in [2.45, 2.75) is 43.1 Å². The van der Waals surface area contributed by atoms with Gasteiger partial charge >= 0.3 is 0 Å². The van der Waals surface area contributed by atoms with E-state index >= 15 is 0 Å². The van der Waals surface area contributed by atoms with Gasteiger partial charge in [0, 0.05) is 31.5 Å². The summed E-state index contributed by atoms with van der Waals surface area (Å²) in [6.45, 7) is 2.35. The first-order valence-corrected chi connectivity index (χ1v) is 10.7. The Labute approximate surface area is 160 Å². The lowest BCUT2D eigenvalue weighted by Gasteiger charge is -2.44. The molecule has 5 nitrogen and oxygen atoms in total. The van der Waals surface area contributed by atoms with Gasteiger partial charge in [-0.15, -0.1) is 0 Å². The molecule has 0 unspecified atom stereocenters. The number of para-hydroxylation sites is 1. The first-order valence-electron chi connectivity index (χ1n) is 9.28. The Bertz CT molecular complexity index is 958. The highest BCUT2D eigenvalue weighted by molar-refractivity contribution is 7.89. The van der Waals surface area contributed by atoms with Crippen molar-refractivity contribution in [3.05, 3.63) is 59.7 Å². The molecule has 1 spiro atoms. The molecule has 0 atom stereocenters. The molecule has 2 aromatic carbocycles. The van der Waals surface area contributed by atoms with Crippen LogP contribution in [-0.4, -0.2) is 37.2 Å². The highest BCUT2D eigenvalue weighted by Crippen LogP contribution is 2.40. The van der Waals surface area contributed by atoms with E-state index in [1.165, 1.54) is 28.9 Å². The third kappa shape index (κ3) is 3.39. The van der Waals surface area contributed by atoms with Crippen molar-refractivity contribution in [3.63, 3.8) is 0 Å². The fraction of sp³-hybridized carbons (Fsp3) is 0.381. The maximum Gasteiger partial charge on any atom is 0.243 e. The maximum atomic E-state index is 12.9. The summed E-state index contributed by atoms with van der Waals surface area (Å²) >= 11 is 0. The monoisotopic (exact) mass is 385 g/mol. The third-order valence-corrected chi connectivity index (χ3v) is 7.59. The second kappa shape index (κ2) is 6.77. The van der Waals surface area contributed by atoms with Crippen LogP contribution in [-0.2, 0) is 16.4 Å². The van der Waals surface area contributed by atoms with E-state index in [1.807, 2.05) is 18.2 Å². The maximum absolute atomic E-state index is 12.9. The minimum absolute atomic E-state index is 0.0754. The molecule has 0 amide bonds. The summed E-state index contributed by atoms with van der Waals surface area (Å²) in [5, 5.41) is 0. The summed E-state index contributed by atoms with van der Waals surface area (Å²) in [6, 6.07) is 14.3. The lowest BCUT2D eigenvalue weighted by atomic mass is 9.84. The van der Waals surface area contributed by atoms with E-state index in [2.05, 4.69) is 6.07 Å². The van der Waals surface area contributed by atoms with Crippen molar-refractivity contribution < 1.29 is 17.9 Å². The molecule has 2 heterocycles. The Kier molecular flexibility index (Phi) is 4.56. The highest BCUT2D eigenvalue weighted by Gasteiger charge is 2.42. The molecule has 4 rings (SSSR count). The number of rotatable bonds is 3. The molecule has 0 aromatic heterocycles. The van der Waals surface area contributed by atoms with Crippen LogP contribution >= 0.6 is 0 Å². The number of aryl methyl sites for hydroxylation is 1. The third-order valence-electron chi connectivity index (χ3n) is 5.68. The molecule has 0 aliphatic carbocycles. The van der Waals surface area contributed by atoms with Crippen LogP contribution in [0.2, 0.25) is 0 Å². The van der Waals surface area contributed by atoms with Crippen molar-refractivity contribution in [3.8, 4) is 5.75 Å². The minimum atomic E-state index is -3.55. The number of Topliss-reactive ketones (excluding diaryl/α,β-unsaturated/α-hetero) is 1. The first-order chi connectivity index (χ1) is 12.9. The van der Waals surface area contributed by atoms with Gasteiger partial charge in [-0.3, -0.25) is 4.79 Å². The molecule has 142 valence electrons. The van der Waals surface area contributed by atoms with Crippen LogP contribution in [0.25, 0.3) is 0 Å². The van der Waals surface area contributed by atoms with Gasteiger partial charge in [0.15, 0.2) is 5.78 Å². The van der Waals surface area contributed by atoms with Crippen molar-refractivity contribution in [2.75, 3.05) is 13.1 Å². The molecular weight excluding hydrogens is 362 g/mol. The average molecular weight is 385 g/mol. The van der Waals surface area contributed by atoms with Gasteiger partial charge < -0.3 is 4.74 Å². The number of sulfonamides is 1. The number of nitrogens with zero attached hydrogens (tertiary/aromatic N) is 1. The SMILES string of the molecule is CC(=O)c1ccc(S(=O)(=O)N2CCC3(CCc4ccccc4O3)CC2)cc1. The van der Waals surface area contributed by atoms with Gasteiger partial charge in [0.25, 0.3) is 0 Å². The Hall–Kier alpha value is -2.18. The van der Waals surface area contributed by atoms with Crippen molar-refractivity contribution in [1.82, 2.24) is 4.31 Å². The normalized spacial score (nSPS) is 19.3. The number of piperidine rings is 1. The van der Waals surface area contributed by atoms with Crippen LogP contribution in [0.3, 0.4) is 0 Å². The van der Waals surface area contributed by atoms with E-state index in [9.17, 15) is 13.2 Å². The van der Waals surface area contributed by atoms with Gasteiger partial charge in [-0.05, 0) is 43.5 Å². The molecule has 27 heavy (non-hydrogen) atoms. The number of fused-ring (bicyclic) bond motifs is 1. The van der Waals surface area contributed by atoms with Crippen LogP contribution in [0.4, 0.5) is 0 Å². The summed E-state index contributed by atoms with van der Waals surface area (Å²) in [4.78, 5) is 11.6. The van der Waals surface area contributed by atoms with Gasteiger partial charge in [0.1, 0.15) is 11.4 Å². The summed E-state index contributed by atoms with van der Waals surface area (Å²) in [5.74, 6) is 0.855. The van der Waals surface area contributed by atoms with E-state index in [0.717, 1.165) is 18.6 Å². The molecule has 0 saturated carbocycles. The number of ether oxygens (including phenoxy) is 1. The molecule has 0 bridgehead atoms. The standard InChI is InChI=1S/C21H23NO4S/c1-16(23)17-6-8-19(9-7-17)27(24,25)22-14-12-21(13-15-22)11-10-18-4-2-3-5-20(18)26-21/h2-9H,10-15H2,1H3. The minimum Gasteiger partial charge on any atom is -0.487 e. The lowest BCUT2D eigenvalue weighted by Crippen LogP contribution is -2.51. The Morgan fingerprint density at radius 1 is 1.00 bits per heavy atom. The van der Waals surface area contributed by atoms with Gasteiger partial charge in [-0.25, -0.2) is 8.42 Å². The largest absolute Gasteiger partial charge is 0.487 e. The number of hydrogen-bond acceptors (Lipinski definition) is 4. The predicted octanol–water partition coefficient (Wildman–Crippen LogP) is 3.44. The zero-order chi connectivity index (χ0) is 19.1. The number of carbonyl (C=O) groups is 1. The highest BCUT2D eigenvalue weighted by atomic mass is 32.2. The first kappa shape index (κ1) is 18.2. The molecule has 0 N–H and O–H groups in total. The Morgan fingerprint density at radius 3 is 2.33 bits per heavy atom. The second-order valence-electron chi connectivity index (χ2n) is 7.38. The molecule has 2 aliphatic rings. The van der Waals surface area contributed by atoms with Crippen LogP contribution < -0.4 is 4.74 Å². The van der Waals surface area contributed by atoms with Crippen LogP contribution in [0, 0.1) is 0 Å². The molecule has 2 aliphatic heterocycles. The van der Waals surface area contributed by atoms with Gasteiger partial charge in [0.05, 0.1) is 4.90 Å². The molecule has 0 radical (unpaired) electrons. The van der Waals surface area contributed by atoms with E-state index in [0.29, 0.717) is 31.5 Å². The molecule has 1 fully saturated rings. The predicted molar refractivity (Wildman–Crippen MR) is 103 cm³/mol. The van der Waals surface area contributed by atoms with Gasteiger partial charge in [0.2, 0.25) is 10.0 Å². The number of carbonyl (C=O) groups excluding carboxylic acids is 1. The molecule has 6 heteroatoms. The summed E-state index contributed by atoms with van der Waals surface area (Å²) in [7, 11) is -3.55. The Morgan fingerprint density at radius 2 is 1.67 bits per heavy atom. The van der Waals surface area contributed by atoms with Crippen molar-refractivity contribution in [2.24, 2.45) is 0 Å². The zero-order valence-corrected chi connectivity index (χ0v) is 16.2. The smallest absolute Gasteiger partial charge is 0.243 e. The number of hydrogen-bond donors (Lipinski definition) is 0. The molecular formula is C21H23NO4S. The number of benzene rings is 2. The van der Waals surface area contributed by atoms with Crippen LogP contribution in [0.15, 0.2) is 53.4 Å². The summed E-state index contributed by atoms with van der Waals surface area (Å²) in [5.41, 5.74) is 1.48. The topological polar surface area (TPSA) is 63.7 Å². The van der Waals surface area contributed by atoms with Gasteiger partial charge in [-0.1, -0.05) is 30.3 Å². The lowest BCUT2D eigenvalue weighted by molar-refractivity contribution is 0.00181. The average Bonchev–Trinajstić information content (AvgIpc) is 2.68. The fourth-order valence-corrected chi connectivity index (χ4v) is 5.39. The number of ketones is 1. The van der Waals surface area contributed by atoms with Crippen LogP contribution in [0.1, 0.15) is 42.1 Å². The van der Waals surface area contributed by atoms with E-state index < -0.39 is 10.0 Å². The van der Waals surface area contributed by atoms with Crippen molar-refractivity contribution in [1.29, 1.82) is 0 Å². The summed E-state index contributed by atoms with van der Waals surface area (Å²) in [6.07, 6.45) is 3.26.